The minimum absolute atomic E-state index is 0.0277. The van der Waals surface area contributed by atoms with Gasteiger partial charge in [0.25, 0.3) is 5.91 Å². The van der Waals surface area contributed by atoms with Crippen LogP contribution < -0.4 is 5.32 Å². The highest BCUT2D eigenvalue weighted by Gasteiger charge is 2.21. The lowest BCUT2D eigenvalue weighted by Crippen LogP contribution is -2.36. The van der Waals surface area contributed by atoms with E-state index in [1.54, 1.807) is 12.4 Å². The van der Waals surface area contributed by atoms with Crippen molar-refractivity contribution in [3.8, 4) is 0 Å². The molecular weight excluding hydrogens is 322 g/mol. The Kier molecular flexibility index (Phi) is 4.40. The van der Waals surface area contributed by atoms with Crippen molar-refractivity contribution in [2.24, 2.45) is 0 Å². The second kappa shape index (κ2) is 7.00. The Hall–Kier alpha value is -3.14. The van der Waals surface area contributed by atoms with Crippen LogP contribution in [0.4, 0.5) is 11.4 Å². The van der Waals surface area contributed by atoms with Crippen LogP contribution in [0.2, 0.25) is 0 Å². The van der Waals surface area contributed by atoms with Gasteiger partial charge in [0.15, 0.2) is 0 Å². The first-order chi connectivity index (χ1) is 12.7. The molecule has 0 aliphatic carbocycles. The summed E-state index contributed by atoms with van der Waals surface area (Å²) in [6, 6.07) is 18.3. The molecule has 0 unspecified atom stereocenters. The summed E-state index contributed by atoms with van der Waals surface area (Å²) in [7, 11) is 0. The summed E-state index contributed by atoms with van der Waals surface area (Å²) in [6.45, 7) is 3.45. The van der Waals surface area contributed by atoms with Crippen molar-refractivity contribution in [1.29, 1.82) is 0 Å². The van der Waals surface area contributed by atoms with Crippen molar-refractivity contribution in [3.05, 3.63) is 89.2 Å². The van der Waals surface area contributed by atoms with Gasteiger partial charge in [-0.25, -0.2) is 0 Å². The maximum atomic E-state index is 12.9. The number of nitrogens with one attached hydrogen (secondary N) is 1. The third kappa shape index (κ3) is 3.45. The molecule has 4 nitrogen and oxygen atoms in total. The predicted octanol–water partition coefficient (Wildman–Crippen LogP) is 4.33. The highest BCUT2D eigenvalue weighted by molar-refractivity contribution is 5.95. The fraction of sp³-hybridized carbons (Fsp3) is 0.182. The molecule has 4 heteroatoms. The van der Waals surface area contributed by atoms with Gasteiger partial charge in [-0.1, -0.05) is 36.4 Å². The minimum atomic E-state index is 0.0277. The lowest BCUT2D eigenvalue weighted by molar-refractivity contribution is 0.0734. The number of amides is 1. The van der Waals surface area contributed by atoms with Crippen molar-refractivity contribution in [2.45, 2.75) is 19.9 Å². The number of rotatable bonds is 3. The van der Waals surface area contributed by atoms with Gasteiger partial charge in [0.05, 0.1) is 17.4 Å². The molecule has 26 heavy (non-hydrogen) atoms. The van der Waals surface area contributed by atoms with Crippen molar-refractivity contribution in [2.75, 3.05) is 11.9 Å². The molecule has 0 saturated carbocycles. The lowest BCUT2D eigenvalue weighted by atomic mass is 9.99. The van der Waals surface area contributed by atoms with Gasteiger partial charge in [-0.15, -0.1) is 0 Å². The van der Waals surface area contributed by atoms with Gasteiger partial charge in [0.1, 0.15) is 0 Å². The van der Waals surface area contributed by atoms with Gasteiger partial charge in [-0.05, 0) is 48.2 Å². The zero-order chi connectivity index (χ0) is 17.9. The number of nitrogens with zero attached hydrogens (tertiary/aromatic N) is 2. The molecule has 1 aliphatic heterocycles. The summed E-state index contributed by atoms with van der Waals surface area (Å²) >= 11 is 0. The second-order valence-electron chi connectivity index (χ2n) is 6.70. The van der Waals surface area contributed by atoms with Crippen molar-refractivity contribution in [3.63, 3.8) is 0 Å². The van der Waals surface area contributed by atoms with Crippen LogP contribution in [0.3, 0.4) is 0 Å². The van der Waals surface area contributed by atoms with E-state index in [1.165, 1.54) is 16.7 Å². The number of fused-ring (bicyclic) bond motifs is 1. The highest BCUT2D eigenvalue weighted by Crippen LogP contribution is 2.22. The fourth-order valence-corrected chi connectivity index (χ4v) is 3.37. The average molecular weight is 343 g/mol. The third-order valence-electron chi connectivity index (χ3n) is 4.71. The number of aryl methyl sites for hydroxylation is 1. The average Bonchev–Trinajstić information content (AvgIpc) is 2.67. The second-order valence-corrected chi connectivity index (χ2v) is 6.70. The summed E-state index contributed by atoms with van der Waals surface area (Å²) < 4.78 is 0. The molecule has 1 aromatic heterocycles. The topological polar surface area (TPSA) is 45.2 Å². The Labute approximate surface area is 153 Å². The Bertz CT molecular complexity index is 951. The van der Waals surface area contributed by atoms with Crippen LogP contribution in [-0.4, -0.2) is 22.3 Å². The number of pyridine rings is 1. The molecule has 0 fully saturated rings. The maximum Gasteiger partial charge on any atom is 0.255 e. The first-order valence-corrected chi connectivity index (χ1v) is 8.84. The van der Waals surface area contributed by atoms with Gasteiger partial charge in [0.2, 0.25) is 0 Å². The number of hydrogen-bond donors (Lipinski definition) is 1. The van der Waals surface area contributed by atoms with E-state index in [1.807, 2.05) is 29.2 Å². The Morgan fingerprint density at radius 3 is 2.69 bits per heavy atom. The number of anilines is 2. The number of carbonyl (C=O) groups excluding carboxylic acids is 1. The molecule has 130 valence electrons. The van der Waals surface area contributed by atoms with Gasteiger partial charge in [-0.3, -0.25) is 9.78 Å². The lowest BCUT2D eigenvalue weighted by Gasteiger charge is -2.29. The zero-order valence-electron chi connectivity index (χ0n) is 14.8. The smallest absolute Gasteiger partial charge is 0.255 e. The molecule has 2 aromatic carbocycles. The number of aromatic nitrogens is 1. The quantitative estimate of drug-likeness (QED) is 0.770. The van der Waals surface area contributed by atoms with Gasteiger partial charge in [0, 0.05) is 25.0 Å². The molecule has 1 amide bonds. The van der Waals surface area contributed by atoms with E-state index in [4.69, 9.17) is 0 Å². The standard InChI is InChI=1S/C22H21N3O/c1-16-5-4-8-20(11-16)24-21-12-19(13-23-14-21)22(26)25-10-9-17-6-2-3-7-18(17)15-25/h2-8,11-14,24H,9-10,15H2,1H3. The largest absolute Gasteiger partial charge is 0.354 e. The molecular formula is C22H21N3O. The van der Waals surface area contributed by atoms with Crippen LogP contribution in [0.25, 0.3) is 0 Å². The Morgan fingerprint density at radius 2 is 1.85 bits per heavy atom. The summed E-state index contributed by atoms with van der Waals surface area (Å²) in [4.78, 5) is 19.1. The molecule has 2 heterocycles. The normalized spacial score (nSPS) is 13.2. The van der Waals surface area contributed by atoms with Crippen molar-refractivity contribution in [1.82, 2.24) is 9.88 Å². The van der Waals surface area contributed by atoms with Crippen LogP contribution in [0.1, 0.15) is 27.0 Å². The first-order valence-electron chi connectivity index (χ1n) is 8.84. The number of benzene rings is 2. The summed E-state index contributed by atoms with van der Waals surface area (Å²) in [6.07, 6.45) is 4.28. The molecule has 4 rings (SSSR count). The Balaban J connectivity index is 1.52. The van der Waals surface area contributed by atoms with E-state index in [2.05, 4.69) is 47.6 Å². The zero-order valence-corrected chi connectivity index (χ0v) is 14.8. The van der Waals surface area contributed by atoms with Crippen LogP contribution in [-0.2, 0) is 13.0 Å². The predicted molar refractivity (Wildman–Crippen MR) is 104 cm³/mol. The van der Waals surface area contributed by atoms with E-state index >= 15 is 0 Å². The molecule has 0 saturated heterocycles. The monoisotopic (exact) mass is 343 g/mol. The molecule has 1 aliphatic rings. The van der Waals surface area contributed by atoms with Crippen LogP contribution >= 0.6 is 0 Å². The van der Waals surface area contributed by atoms with Crippen LogP contribution in [0.15, 0.2) is 67.0 Å². The third-order valence-corrected chi connectivity index (χ3v) is 4.71. The first kappa shape index (κ1) is 16.3. The van der Waals surface area contributed by atoms with E-state index in [0.29, 0.717) is 12.1 Å². The Morgan fingerprint density at radius 1 is 1.00 bits per heavy atom. The summed E-state index contributed by atoms with van der Waals surface area (Å²) in [5, 5.41) is 3.33. The molecule has 1 N–H and O–H groups in total. The minimum Gasteiger partial charge on any atom is -0.354 e. The van der Waals surface area contributed by atoms with E-state index in [-0.39, 0.29) is 5.91 Å². The molecule has 0 radical (unpaired) electrons. The van der Waals surface area contributed by atoms with Gasteiger partial charge in [-0.2, -0.15) is 0 Å². The molecule has 0 bridgehead atoms. The maximum absolute atomic E-state index is 12.9. The summed E-state index contributed by atoms with van der Waals surface area (Å²) in [5.74, 6) is 0.0277. The summed E-state index contributed by atoms with van der Waals surface area (Å²) in [5.41, 5.74) is 6.17. The van der Waals surface area contributed by atoms with E-state index < -0.39 is 0 Å². The number of carbonyl (C=O) groups is 1. The molecule has 0 atom stereocenters. The van der Waals surface area contributed by atoms with Gasteiger partial charge >= 0.3 is 0 Å². The van der Waals surface area contributed by atoms with E-state index in [0.717, 1.165) is 24.3 Å². The molecule has 0 spiro atoms. The number of hydrogen-bond acceptors (Lipinski definition) is 3. The van der Waals surface area contributed by atoms with Gasteiger partial charge < -0.3 is 10.2 Å². The SMILES string of the molecule is Cc1cccc(Nc2cncc(C(=O)N3CCc4ccccc4C3)c2)c1. The fourth-order valence-electron chi connectivity index (χ4n) is 3.37. The van der Waals surface area contributed by atoms with Crippen molar-refractivity contribution < 1.29 is 4.79 Å². The highest BCUT2D eigenvalue weighted by atomic mass is 16.2. The van der Waals surface area contributed by atoms with Crippen LogP contribution in [0.5, 0.6) is 0 Å². The van der Waals surface area contributed by atoms with Crippen molar-refractivity contribution >= 4 is 17.3 Å². The van der Waals surface area contributed by atoms with Crippen LogP contribution in [0, 0.1) is 6.92 Å². The van der Waals surface area contributed by atoms with E-state index in [9.17, 15) is 4.79 Å². The molecule has 3 aromatic rings.